The average Bonchev–Trinajstić information content (AvgIpc) is 2.84. The molecule has 0 unspecified atom stereocenters. The van der Waals surface area contributed by atoms with Gasteiger partial charge >= 0.3 is 0 Å². The Morgan fingerprint density at radius 1 is 1.59 bits per heavy atom. The van der Waals surface area contributed by atoms with E-state index in [2.05, 4.69) is 5.10 Å². The number of carbonyl (C=O) groups is 1. The summed E-state index contributed by atoms with van der Waals surface area (Å²) in [5.41, 5.74) is 5.20. The second kappa shape index (κ2) is 4.11. The number of nitrogens with two attached hydrogens (primary N) is 1. The van der Waals surface area contributed by atoms with Crippen molar-refractivity contribution in [3.63, 3.8) is 0 Å². The molecule has 94 valence electrons. The first-order valence-electron chi connectivity index (χ1n) is 5.23. The largest absolute Gasteiger partial charge is 0.368 e. The SMILES string of the molecule is Cn1cc(S(=O)(=O)N2CCC[C@H]2C(N)=O)cn1. The fourth-order valence-corrected chi connectivity index (χ4v) is 3.63. The van der Waals surface area contributed by atoms with E-state index in [9.17, 15) is 13.2 Å². The molecule has 1 fully saturated rings. The zero-order valence-corrected chi connectivity index (χ0v) is 10.2. The summed E-state index contributed by atoms with van der Waals surface area (Å²) in [6.45, 7) is 0.324. The molecule has 1 aromatic heterocycles. The van der Waals surface area contributed by atoms with Crippen LogP contribution in [-0.2, 0) is 21.9 Å². The number of sulfonamides is 1. The number of aromatic nitrogens is 2. The number of carbonyl (C=O) groups excluding carboxylic acids is 1. The minimum Gasteiger partial charge on any atom is -0.368 e. The molecule has 1 aromatic rings. The Bertz CT molecular complexity index is 536. The quantitative estimate of drug-likeness (QED) is 0.756. The van der Waals surface area contributed by atoms with Gasteiger partial charge in [-0.1, -0.05) is 0 Å². The van der Waals surface area contributed by atoms with Crippen molar-refractivity contribution in [2.45, 2.75) is 23.8 Å². The average molecular weight is 258 g/mol. The Hall–Kier alpha value is -1.41. The molecular weight excluding hydrogens is 244 g/mol. The molecular formula is C9H14N4O3S. The smallest absolute Gasteiger partial charge is 0.246 e. The first kappa shape index (κ1) is 12.1. The van der Waals surface area contributed by atoms with Gasteiger partial charge in [-0.15, -0.1) is 0 Å². The second-order valence-corrected chi connectivity index (χ2v) is 5.92. The van der Waals surface area contributed by atoms with E-state index < -0.39 is 22.0 Å². The molecule has 0 saturated carbocycles. The van der Waals surface area contributed by atoms with Gasteiger partial charge in [-0.2, -0.15) is 9.40 Å². The van der Waals surface area contributed by atoms with Crippen LogP contribution in [0.25, 0.3) is 0 Å². The normalized spacial score (nSPS) is 21.8. The first-order chi connectivity index (χ1) is 7.93. The van der Waals surface area contributed by atoms with Crippen LogP contribution in [0.15, 0.2) is 17.3 Å². The highest BCUT2D eigenvalue weighted by Gasteiger charge is 2.38. The highest BCUT2D eigenvalue weighted by atomic mass is 32.2. The summed E-state index contributed by atoms with van der Waals surface area (Å²) in [5, 5.41) is 3.82. The summed E-state index contributed by atoms with van der Waals surface area (Å²) in [4.78, 5) is 11.3. The monoisotopic (exact) mass is 258 g/mol. The van der Waals surface area contributed by atoms with Crippen LogP contribution in [0.4, 0.5) is 0 Å². The maximum absolute atomic E-state index is 12.2. The molecule has 1 atom stereocenters. The molecule has 2 rings (SSSR count). The Kier molecular flexibility index (Phi) is 2.92. The van der Waals surface area contributed by atoms with Crippen molar-refractivity contribution in [2.75, 3.05) is 6.54 Å². The summed E-state index contributed by atoms with van der Waals surface area (Å²) in [6, 6.07) is -0.736. The molecule has 1 amide bonds. The summed E-state index contributed by atoms with van der Waals surface area (Å²) >= 11 is 0. The number of aryl methyl sites for hydroxylation is 1. The molecule has 1 aliphatic rings. The van der Waals surface area contributed by atoms with Gasteiger partial charge in [0.2, 0.25) is 15.9 Å². The van der Waals surface area contributed by atoms with Crippen molar-refractivity contribution in [3.8, 4) is 0 Å². The number of nitrogens with zero attached hydrogens (tertiary/aromatic N) is 3. The number of rotatable bonds is 3. The molecule has 1 saturated heterocycles. The molecule has 0 radical (unpaired) electrons. The lowest BCUT2D eigenvalue weighted by Gasteiger charge is -2.20. The molecule has 2 N–H and O–H groups in total. The maximum Gasteiger partial charge on any atom is 0.246 e. The molecule has 0 bridgehead atoms. The molecule has 0 aliphatic carbocycles. The molecule has 17 heavy (non-hydrogen) atoms. The zero-order chi connectivity index (χ0) is 12.6. The van der Waals surface area contributed by atoms with Gasteiger partial charge in [0.1, 0.15) is 10.9 Å². The molecule has 8 heteroatoms. The molecule has 0 aromatic carbocycles. The van der Waals surface area contributed by atoms with Gasteiger partial charge in [-0.25, -0.2) is 8.42 Å². The Morgan fingerprint density at radius 3 is 2.82 bits per heavy atom. The van der Waals surface area contributed by atoms with Crippen molar-refractivity contribution in [3.05, 3.63) is 12.4 Å². The van der Waals surface area contributed by atoms with Crippen LogP contribution in [0, 0.1) is 0 Å². The predicted molar refractivity (Wildman–Crippen MR) is 59.3 cm³/mol. The number of hydrogen-bond acceptors (Lipinski definition) is 4. The predicted octanol–water partition coefficient (Wildman–Crippen LogP) is -0.941. The van der Waals surface area contributed by atoms with E-state index in [0.717, 1.165) is 4.31 Å². The van der Waals surface area contributed by atoms with Gasteiger partial charge in [0.15, 0.2) is 0 Å². The lowest BCUT2D eigenvalue weighted by molar-refractivity contribution is -0.121. The van der Waals surface area contributed by atoms with Crippen LogP contribution >= 0.6 is 0 Å². The Morgan fingerprint density at radius 2 is 2.29 bits per heavy atom. The maximum atomic E-state index is 12.2. The van der Waals surface area contributed by atoms with Crippen LogP contribution < -0.4 is 5.73 Å². The summed E-state index contributed by atoms with van der Waals surface area (Å²) in [7, 11) is -2.03. The van der Waals surface area contributed by atoms with E-state index >= 15 is 0 Å². The van der Waals surface area contributed by atoms with Crippen LogP contribution in [0.2, 0.25) is 0 Å². The molecule has 1 aliphatic heterocycles. The number of hydrogen-bond donors (Lipinski definition) is 1. The van der Waals surface area contributed by atoms with Gasteiger partial charge < -0.3 is 5.73 Å². The third kappa shape index (κ3) is 2.05. The highest BCUT2D eigenvalue weighted by Crippen LogP contribution is 2.25. The van der Waals surface area contributed by atoms with Crippen molar-refractivity contribution >= 4 is 15.9 Å². The minimum atomic E-state index is -3.66. The van der Waals surface area contributed by atoms with Gasteiger partial charge in [0, 0.05) is 19.8 Å². The zero-order valence-electron chi connectivity index (χ0n) is 9.41. The van der Waals surface area contributed by atoms with E-state index in [0.29, 0.717) is 19.4 Å². The number of amides is 1. The van der Waals surface area contributed by atoms with Gasteiger partial charge in [0.25, 0.3) is 0 Å². The fraction of sp³-hybridized carbons (Fsp3) is 0.556. The van der Waals surface area contributed by atoms with E-state index in [4.69, 9.17) is 5.73 Å². The van der Waals surface area contributed by atoms with Gasteiger partial charge in [0.05, 0.1) is 6.20 Å². The third-order valence-corrected chi connectivity index (χ3v) is 4.68. The Labute approximate surface area is 99.2 Å². The van der Waals surface area contributed by atoms with Gasteiger partial charge in [-0.3, -0.25) is 9.48 Å². The lowest BCUT2D eigenvalue weighted by atomic mass is 10.2. The van der Waals surface area contributed by atoms with Crippen molar-refractivity contribution in [1.82, 2.24) is 14.1 Å². The highest BCUT2D eigenvalue weighted by molar-refractivity contribution is 7.89. The second-order valence-electron chi connectivity index (χ2n) is 4.03. The van der Waals surface area contributed by atoms with E-state index in [-0.39, 0.29) is 4.90 Å². The van der Waals surface area contributed by atoms with Crippen LogP contribution in [-0.4, -0.2) is 41.0 Å². The van der Waals surface area contributed by atoms with Crippen LogP contribution in [0.5, 0.6) is 0 Å². The molecule has 7 nitrogen and oxygen atoms in total. The molecule has 2 heterocycles. The lowest BCUT2D eigenvalue weighted by Crippen LogP contribution is -2.43. The van der Waals surface area contributed by atoms with Gasteiger partial charge in [-0.05, 0) is 12.8 Å². The topological polar surface area (TPSA) is 98.3 Å². The van der Waals surface area contributed by atoms with Crippen LogP contribution in [0.1, 0.15) is 12.8 Å². The standard InChI is InChI=1S/C9H14N4O3S/c1-12-6-7(5-11-12)17(15,16)13-4-2-3-8(13)9(10)14/h5-6,8H,2-4H2,1H3,(H2,10,14)/t8-/m0/s1. The van der Waals surface area contributed by atoms with E-state index in [1.807, 2.05) is 0 Å². The summed E-state index contributed by atoms with van der Waals surface area (Å²) in [5.74, 6) is -0.602. The first-order valence-corrected chi connectivity index (χ1v) is 6.67. The Balaban J connectivity index is 2.36. The fourth-order valence-electron chi connectivity index (χ4n) is 1.98. The summed E-state index contributed by atoms with van der Waals surface area (Å²) in [6.07, 6.45) is 3.80. The van der Waals surface area contributed by atoms with Crippen molar-refractivity contribution < 1.29 is 13.2 Å². The number of primary amides is 1. The summed E-state index contributed by atoms with van der Waals surface area (Å²) < 4.78 is 27.0. The molecule has 0 spiro atoms. The van der Waals surface area contributed by atoms with E-state index in [1.165, 1.54) is 17.1 Å². The minimum absolute atomic E-state index is 0.0909. The van der Waals surface area contributed by atoms with Crippen LogP contribution in [0.3, 0.4) is 0 Å². The van der Waals surface area contributed by atoms with Crippen molar-refractivity contribution in [1.29, 1.82) is 0 Å². The van der Waals surface area contributed by atoms with Crippen molar-refractivity contribution in [2.24, 2.45) is 12.8 Å². The van der Waals surface area contributed by atoms with E-state index in [1.54, 1.807) is 7.05 Å². The third-order valence-electron chi connectivity index (χ3n) is 2.82.